The van der Waals surface area contributed by atoms with Crippen molar-refractivity contribution >= 4 is 27.3 Å². The molecule has 0 spiro atoms. The van der Waals surface area contributed by atoms with Gasteiger partial charge in [-0.1, -0.05) is 0 Å². The summed E-state index contributed by atoms with van der Waals surface area (Å²) in [4.78, 5) is 5.16. The van der Waals surface area contributed by atoms with Crippen LogP contribution in [0.2, 0.25) is 0 Å². The fraction of sp³-hybridized carbons (Fsp3) is 0.250. The number of pyridine rings is 1. The summed E-state index contributed by atoms with van der Waals surface area (Å²) < 4.78 is 1.09. The highest BCUT2D eigenvalue weighted by Gasteiger charge is 2.08. The minimum atomic E-state index is -0.326. The van der Waals surface area contributed by atoms with Gasteiger partial charge in [-0.15, -0.1) is 11.3 Å². The molecular formula is C12H12BrNOS. The second-order valence-corrected chi connectivity index (χ2v) is 5.56. The van der Waals surface area contributed by atoms with Crippen molar-refractivity contribution in [2.75, 3.05) is 0 Å². The highest BCUT2D eigenvalue weighted by molar-refractivity contribution is 9.10. The average molecular weight is 298 g/mol. The van der Waals surface area contributed by atoms with Crippen molar-refractivity contribution in [3.63, 3.8) is 0 Å². The van der Waals surface area contributed by atoms with E-state index in [1.807, 2.05) is 17.5 Å². The number of aromatic nitrogens is 1. The van der Waals surface area contributed by atoms with Gasteiger partial charge >= 0.3 is 0 Å². The van der Waals surface area contributed by atoms with Gasteiger partial charge in [-0.3, -0.25) is 4.98 Å². The summed E-state index contributed by atoms with van der Waals surface area (Å²) in [6.45, 7) is 0. The molecule has 0 bridgehead atoms. The minimum absolute atomic E-state index is 0.326. The van der Waals surface area contributed by atoms with Crippen LogP contribution < -0.4 is 0 Å². The molecule has 2 heterocycles. The number of thiophene rings is 1. The van der Waals surface area contributed by atoms with Gasteiger partial charge < -0.3 is 5.11 Å². The molecule has 2 rings (SSSR count). The van der Waals surface area contributed by atoms with Gasteiger partial charge in [0, 0.05) is 33.5 Å². The molecule has 0 aliphatic carbocycles. The standard InChI is InChI=1S/C12H12BrNOS/c13-10-6-12(16-8-10)7-11(15)5-9-1-3-14-4-2-9/h1-4,6,8,11,15H,5,7H2. The third kappa shape index (κ3) is 3.40. The molecule has 0 saturated carbocycles. The molecule has 2 nitrogen and oxygen atoms in total. The molecule has 0 saturated heterocycles. The first-order valence-corrected chi connectivity index (χ1v) is 6.71. The smallest absolute Gasteiger partial charge is 0.0628 e. The first-order chi connectivity index (χ1) is 7.74. The van der Waals surface area contributed by atoms with E-state index in [9.17, 15) is 5.11 Å². The Balaban J connectivity index is 1.92. The van der Waals surface area contributed by atoms with E-state index >= 15 is 0 Å². The lowest BCUT2D eigenvalue weighted by molar-refractivity contribution is 0.176. The molecule has 16 heavy (non-hydrogen) atoms. The van der Waals surface area contributed by atoms with Gasteiger partial charge in [-0.05, 0) is 46.1 Å². The number of rotatable bonds is 4. The summed E-state index contributed by atoms with van der Waals surface area (Å²) in [5.41, 5.74) is 1.12. The SMILES string of the molecule is OC(Cc1ccncc1)Cc1cc(Br)cs1. The topological polar surface area (TPSA) is 33.1 Å². The first-order valence-electron chi connectivity index (χ1n) is 5.04. The Morgan fingerprint density at radius 2 is 2.06 bits per heavy atom. The molecule has 1 atom stereocenters. The van der Waals surface area contributed by atoms with Crippen molar-refractivity contribution in [2.24, 2.45) is 0 Å². The van der Waals surface area contributed by atoms with E-state index in [-0.39, 0.29) is 6.10 Å². The summed E-state index contributed by atoms with van der Waals surface area (Å²) in [5, 5.41) is 12.0. The zero-order chi connectivity index (χ0) is 11.4. The maximum atomic E-state index is 9.94. The van der Waals surface area contributed by atoms with Crippen LogP contribution in [0.4, 0.5) is 0 Å². The quantitative estimate of drug-likeness (QED) is 0.941. The van der Waals surface area contributed by atoms with E-state index in [0.717, 1.165) is 10.0 Å². The van der Waals surface area contributed by atoms with Gasteiger partial charge in [0.05, 0.1) is 6.10 Å². The molecule has 1 N–H and O–H groups in total. The molecule has 84 valence electrons. The normalized spacial score (nSPS) is 12.6. The molecule has 0 aliphatic rings. The van der Waals surface area contributed by atoms with Crippen molar-refractivity contribution in [1.82, 2.24) is 4.98 Å². The van der Waals surface area contributed by atoms with Gasteiger partial charge in [0.1, 0.15) is 0 Å². The lowest BCUT2D eigenvalue weighted by Gasteiger charge is -2.08. The average Bonchev–Trinajstić information content (AvgIpc) is 2.65. The van der Waals surface area contributed by atoms with Crippen LogP contribution >= 0.6 is 27.3 Å². The Bertz CT molecular complexity index is 443. The zero-order valence-corrected chi connectivity index (χ0v) is 11.0. The molecule has 2 aromatic heterocycles. The molecular weight excluding hydrogens is 286 g/mol. The van der Waals surface area contributed by atoms with Crippen LogP contribution in [0.3, 0.4) is 0 Å². The predicted octanol–water partition coefficient (Wildman–Crippen LogP) is 3.05. The summed E-state index contributed by atoms with van der Waals surface area (Å²) in [6.07, 6.45) is 4.57. The molecule has 0 amide bonds. The van der Waals surface area contributed by atoms with Crippen LogP contribution in [0.15, 0.2) is 40.4 Å². The Labute approximate surface area is 107 Å². The van der Waals surface area contributed by atoms with Crippen molar-refractivity contribution < 1.29 is 5.11 Å². The number of hydrogen-bond acceptors (Lipinski definition) is 3. The second-order valence-electron chi connectivity index (χ2n) is 3.65. The van der Waals surface area contributed by atoms with Crippen LogP contribution in [0.1, 0.15) is 10.4 Å². The van der Waals surface area contributed by atoms with Crippen LogP contribution in [0.25, 0.3) is 0 Å². The Hall–Kier alpha value is -0.710. The largest absolute Gasteiger partial charge is 0.392 e. The number of hydrogen-bond donors (Lipinski definition) is 1. The van der Waals surface area contributed by atoms with Crippen LogP contribution in [0, 0.1) is 0 Å². The summed E-state index contributed by atoms with van der Waals surface area (Å²) >= 11 is 5.08. The van der Waals surface area contributed by atoms with Crippen LogP contribution in [-0.4, -0.2) is 16.2 Å². The maximum Gasteiger partial charge on any atom is 0.0628 e. The predicted molar refractivity (Wildman–Crippen MR) is 69.7 cm³/mol. The highest BCUT2D eigenvalue weighted by Crippen LogP contribution is 2.21. The molecule has 0 fully saturated rings. The van der Waals surface area contributed by atoms with E-state index in [0.29, 0.717) is 12.8 Å². The molecule has 2 aromatic rings. The van der Waals surface area contributed by atoms with Crippen LogP contribution in [-0.2, 0) is 12.8 Å². The van der Waals surface area contributed by atoms with Crippen molar-refractivity contribution in [2.45, 2.75) is 18.9 Å². The summed E-state index contributed by atoms with van der Waals surface area (Å²) in [7, 11) is 0. The number of halogens is 1. The van der Waals surface area contributed by atoms with Gasteiger partial charge in [0.15, 0.2) is 0 Å². The van der Waals surface area contributed by atoms with E-state index in [1.54, 1.807) is 23.7 Å². The summed E-state index contributed by atoms with van der Waals surface area (Å²) in [5.74, 6) is 0. The fourth-order valence-electron chi connectivity index (χ4n) is 1.56. The van der Waals surface area contributed by atoms with Crippen molar-refractivity contribution in [3.8, 4) is 0 Å². The molecule has 0 aromatic carbocycles. The summed E-state index contributed by atoms with van der Waals surface area (Å²) in [6, 6.07) is 5.93. The first kappa shape index (κ1) is 11.8. The van der Waals surface area contributed by atoms with Crippen molar-refractivity contribution in [3.05, 3.63) is 50.9 Å². The zero-order valence-electron chi connectivity index (χ0n) is 8.64. The highest BCUT2D eigenvalue weighted by atomic mass is 79.9. The van der Waals surface area contributed by atoms with Crippen molar-refractivity contribution in [1.29, 1.82) is 0 Å². The molecule has 0 radical (unpaired) electrons. The van der Waals surface area contributed by atoms with E-state index in [4.69, 9.17) is 0 Å². The monoisotopic (exact) mass is 297 g/mol. The third-order valence-corrected chi connectivity index (χ3v) is 4.00. The molecule has 0 aliphatic heterocycles. The second kappa shape index (κ2) is 5.57. The van der Waals surface area contributed by atoms with Gasteiger partial charge in [0.2, 0.25) is 0 Å². The van der Waals surface area contributed by atoms with Gasteiger partial charge in [0.25, 0.3) is 0 Å². The Kier molecular flexibility index (Phi) is 4.09. The fourth-order valence-corrected chi connectivity index (χ4v) is 3.08. The number of aliphatic hydroxyl groups excluding tert-OH is 1. The lowest BCUT2D eigenvalue weighted by atomic mass is 10.1. The van der Waals surface area contributed by atoms with Gasteiger partial charge in [-0.25, -0.2) is 0 Å². The van der Waals surface area contributed by atoms with E-state index in [2.05, 4.69) is 27.0 Å². The van der Waals surface area contributed by atoms with E-state index < -0.39 is 0 Å². The number of nitrogens with zero attached hydrogens (tertiary/aromatic N) is 1. The Morgan fingerprint density at radius 1 is 1.31 bits per heavy atom. The van der Waals surface area contributed by atoms with E-state index in [1.165, 1.54) is 4.88 Å². The van der Waals surface area contributed by atoms with Gasteiger partial charge in [-0.2, -0.15) is 0 Å². The molecule has 4 heteroatoms. The molecule has 1 unspecified atom stereocenters. The maximum absolute atomic E-state index is 9.94. The lowest BCUT2D eigenvalue weighted by Crippen LogP contribution is -2.13. The third-order valence-electron chi connectivity index (χ3n) is 2.28. The minimum Gasteiger partial charge on any atom is -0.392 e. The Morgan fingerprint density at radius 3 is 2.69 bits per heavy atom. The van der Waals surface area contributed by atoms with Crippen LogP contribution in [0.5, 0.6) is 0 Å². The number of aliphatic hydroxyl groups is 1.